The van der Waals surface area contributed by atoms with Crippen LogP contribution in [0.25, 0.3) is 0 Å². The van der Waals surface area contributed by atoms with Gasteiger partial charge < -0.3 is 4.90 Å². The number of aliphatic imine (C=N–C) groups is 1. The van der Waals surface area contributed by atoms with Crippen LogP contribution < -0.4 is 0 Å². The van der Waals surface area contributed by atoms with Gasteiger partial charge in [0.25, 0.3) is 0 Å². The average Bonchev–Trinajstić information content (AvgIpc) is 3.16. The number of hydrogen-bond donors (Lipinski definition) is 0. The predicted octanol–water partition coefficient (Wildman–Crippen LogP) is 3.45. The molecule has 0 N–H and O–H groups in total. The van der Waals surface area contributed by atoms with Gasteiger partial charge in [-0.15, -0.1) is 0 Å². The summed E-state index contributed by atoms with van der Waals surface area (Å²) in [5, 5.41) is 0.886. The molecule has 0 aromatic heterocycles. The van der Waals surface area contributed by atoms with Crippen molar-refractivity contribution < 1.29 is 14.0 Å². The van der Waals surface area contributed by atoms with Gasteiger partial charge in [0.1, 0.15) is 5.82 Å². The largest absolute Gasteiger partial charge is 0.303 e. The highest BCUT2D eigenvalue weighted by Crippen LogP contribution is 2.36. The van der Waals surface area contributed by atoms with Crippen molar-refractivity contribution in [3.63, 3.8) is 0 Å². The van der Waals surface area contributed by atoms with Crippen molar-refractivity contribution >= 4 is 28.6 Å². The van der Waals surface area contributed by atoms with Crippen LogP contribution in [0.2, 0.25) is 0 Å². The summed E-state index contributed by atoms with van der Waals surface area (Å²) in [6.07, 6.45) is 2.41. The van der Waals surface area contributed by atoms with Crippen molar-refractivity contribution in [2.45, 2.75) is 38.6 Å². The molecule has 2 fully saturated rings. The van der Waals surface area contributed by atoms with Gasteiger partial charge in [-0.3, -0.25) is 19.5 Å². The first kappa shape index (κ1) is 20.5. The Morgan fingerprint density at radius 3 is 2.59 bits per heavy atom. The zero-order valence-electron chi connectivity index (χ0n) is 17.1. The lowest BCUT2D eigenvalue weighted by Gasteiger charge is -2.39. The summed E-state index contributed by atoms with van der Waals surface area (Å²) in [5.41, 5.74) is 0.230. The fourth-order valence-electron chi connectivity index (χ4n) is 4.57. The van der Waals surface area contributed by atoms with Gasteiger partial charge in [0.05, 0.1) is 11.5 Å². The second-order valence-corrected chi connectivity index (χ2v) is 9.78. The third-order valence-electron chi connectivity index (χ3n) is 6.40. The molecular formula is C22H28FN3O2S. The highest BCUT2D eigenvalue weighted by Gasteiger charge is 2.45. The normalized spacial score (nSPS) is 25.1. The molecular weight excluding hydrogens is 389 g/mol. The molecule has 7 heteroatoms. The lowest BCUT2D eigenvalue weighted by Crippen LogP contribution is -2.51. The molecule has 3 heterocycles. The van der Waals surface area contributed by atoms with E-state index in [1.165, 1.54) is 12.1 Å². The van der Waals surface area contributed by atoms with Gasteiger partial charge in [-0.05, 0) is 77.0 Å². The maximum atomic E-state index is 13.1. The van der Waals surface area contributed by atoms with Gasteiger partial charge in [0.15, 0.2) is 11.0 Å². The number of hydrogen-bond acceptors (Lipinski definition) is 5. The third kappa shape index (κ3) is 4.26. The number of fused-ring (bicyclic) bond motifs is 1. The molecule has 0 bridgehead atoms. The molecule has 4 rings (SSSR count). The molecule has 29 heavy (non-hydrogen) atoms. The fraction of sp³-hybridized carbons (Fsp3) is 0.591. The summed E-state index contributed by atoms with van der Waals surface area (Å²) in [5.74, 6) is 0.846. The van der Waals surface area contributed by atoms with Gasteiger partial charge in [-0.2, -0.15) is 0 Å². The zero-order valence-corrected chi connectivity index (χ0v) is 17.9. The van der Waals surface area contributed by atoms with Gasteiger partial charge in [-0.25, -0.2) is 4.39 Å². The maximum Gasteiger partial charge on any atom is 0.234 e. The molecule has 5 nitrogen and oxygen atoms in total. The Labute approximate surface area is 175 Å². The van der Waals surface area contributed by atoms with E-state index in [1.54, 1.807) is 23.9 Å². The smallest absolute Gasteiger partial charge is 0.234 e. The van der Waals surface area contributed by atoms with E-state index in [1.807, 2.05) is 4.90 Å². The summed E-state index contributed by atoms with van der Waals surface area (Å²) in [7, 11) is 0. The van der Waals surface area contributed by atoms with Crippen LogP contribution in [0.1, 0.15) is 43.5 Å². The highest BCUT2D eigenvalue weighted by molar-refractivity contribution is 8.14. The zero-order chi connectivity index (χ0) is 20.6. The van der Waals surface area contributed by atoms with E-state index in [4.69, 9.17) is 4.99 Å². The van der Waals surface area contributed by atoms with E-state index in [2.05, 4.69) is 18.7 Å². The number of amides is 1. The minimum atomic E-state index is -0.364. The number of carbonyl (C=O) groups excluding carboxylic acids is 2. The number of thioether (sulfide) groups is 1. The van der Waals surface area contributed by atoms with Gasteiger partial charge in [0.2, 0.25) is 5.91 Å². The van der Waals surface area contributed by atoms with Crippen molar-refractivity contribution in [1.29, 1.82) is 0 Å². The SMILES string of the molecule is CC1(C)N=C2SCCN2C(=O)C1CCN1CCC(C(=O)c2ccc(F)cc2)CC1. The number of amidine groups is 1. The third-order valence-corrected chi connectivity index (χ3v) is 7.36. The van der Waals surface area contributed by atoms with Crippen LogP contribution in [0.5, 0.6) is 0 Å². The minimum absolute atomic E-state index is 0.00162. The van der Waals surface area contributed by atoms with Gasteiger partial charge in [-0.1, -0.05) is 11.8 Å². The first-order valence-electron chi connectivity index (χ1n) is 10.4. The Bertz CT molecular complexity index is 816. The number of carbonyl (C=O) groups is 2. The molecule has 2 saturated heterocycles. The van der Waals surface area contributed by atoms with E-state index >= 15 is 0 Å². The number of benzene rings is 1. The Hall–Kier alpha value is -1.73. The van der Waals surface area contributed by atoms with Crippen LogP contribution in [0.4, 0.5) is 4.39 Å². The summed E-state index contributed by atoms with van der Waals surface area (Å²) in [6.45, 7) is 7.45. The van der Waals surface area contributed by atoms with E-state index in [9.17, 15) is 14.0 Å². The first-order valence-corrected chi connectivity index (χ1v) is 11.4. The van der Waals surface area contributed by atoms with Crippen LogP contribution in [-0.4, -0.2) is 64.1 Å². The number of likely N-dealkylation sites (tertiary alicyclic amines) is 1. The summed E-state index contributed by atoms with van der Waals surface area (Å²) in [6, 6.07) is 5.84. The summed E-state index contributed by atoms with van der Waals surface area (Å²) in [4.78, 5) is 34.7. The molecule has 156 valence electrons. The van der Waals surface area contributed by atoms with Gasteiger partial charge in [0, 0.05) is 23.8 Å². The van der Waals surface area contributed by atoms with Crippen LogP contribution in [-0.2, 0) is 4.79 Å². The Morgan fingerprint density at radius 1 is 1.21 bits per heavy atom. The van der Waals surface area contributed by atoms with E-state index in [0.717, 1.165) is 56.4 Å². The second kappa shape index (κ2) is 8.19. The number of nitrogens with zero attached hydrogens (tertiary/aromatic N) is 3. The fourth-order valence-corrected chi connectivity index (χ4v) is 5.66. The number of halogens is 1. The Balaban J connectivity index is 1.30. The first-order chi connectivity index (χ1) is 13.8. The monoisotopic (exact) mass is 417 g/mol. The summed E-state index contributed by atoms with van der Waals surface area (Å²) >= 11 is 1.67. The van der Waals surface area contributed by atoms with Crippen molar-refractivity contribution in [3.8, 4) is 0 Å². The van der Waals surface area contributed by atoms with Crippen molar-refractivity contribution in [3.05, 3.63) is 35.6 Å². The lowest BCUT2D eigenvalue weighted by atomic mass is 9.82. The van der Waals surface area contributed by atoms with Crippen LogP contribution in [0.15, 0.2) is 29.3 Å². The Kier molecular flexibility index (Phi) is 5.80. The summed E-state index contributed by atoms with van der Waals surface area (Å²) < 4.78 is 13.1. The number of ketones is 1. The maximum absolute atomic E-state index is 13.1. The molecule has 0 spiro atoms. The minimum Gasteiger partial charge on any atom is -0.303 e. The molecule has 0 saturated carbocycles. The van der Waals surface area contributed by atoms with E-state index < -0.39 is 0 Å². The highest BCUT2D eigenvalue weighted by atomic mass is 32.2. The van der Waals surface area contributed by atoms with Gasteiger partial charge >= 0.3 is 0 Å². The van der Waals surface area contributed by atoms with Crippen molar-refractivity contribution in [2.75, 3.05) is 31.9 Å². The molecule has 1 aromatic carbocycles. The molecule has 0 radical (unpaired) electrons. The number of Topliss-reactive ketones (excluding diaryl/α,β-unsaturated/α-hetero) is 1. The topological polar surface area (TPSA) is 53.0 Å². The van der Waals surface area contributed by atoms with Crippen molar-refractivity contribution in [2.24, 2.45) is 16.8 Å². The predicted molar refractivity (Wildman–Crippen MR) is 114 cm³/mol. The second-order valence-electron chi connectivity index (χ2n) is 8.71. The molecule has 1 amide bonds. The molecule has 3 aliphatic rings. The molecule has 1 aromatic rings. The average molecular weight is 418 g/mol. The molecule has 1 atom stereocenters. The Morgan fingerprint density at radius 2 is 1.90 bits per heavy atom. The number of piperidine rings is 1. The van der Waals surface area contributed by atoms with E-state index in [0.29, 0.717) is 5.56 Å². The quantitative estimate of drug-likeness (QED) is 0.689. The number of rotatable bonds is 5. The molecule has 1 unspecified atom stereocenters. The standard InChI is InChI=1S/C22H28FN3O2S/c1-22(2)18(20(28)26-13-14-29-21(26)24-22)9-12-25-10-7-16(8-11-25)19(27)15-3-5-17(23)6-4-15/h3-6,16,18H,7-14H2,1-2H3. The van der Waals surface area contributed by atoms with Crippen LogP contribution >= 0.6 is 11.8 Å². The molecule has 0 aliphatic carbocycles. The van der Waals surface area contributed by atoms with Crippen LogP contribution in [0, 0.1) is 17.7 Å². The van der Waals surface area contributed by atoms with E-state index in [-0.39, 0.29) is 34.9 Å². The van der Waals surface area contributed by atoms with Crippen LogP contribution in [0.3, 0.4) is 0 Å². The lowest BCUT2D eigenvalue weighted by molar-refractivity contribution is -0.134. The molecule has 3 aliphatic heterocycles. The van der Waals surface area contributed by atoms with Crippen molar-refractivity contribution in [1.82, 2.24) is 9.80 Å².